The Morgan fingerprint density at radius 3 is 2.64 bits per heavy atom. The molecule has 2 nitrogen and oxygen atoms in total. The Labute approximate surface area is 89.2 Å². The molecule has 1 aliphatic rings. The molecule has 1 aromatic rings. The van der Waals surface area contributed by atoms with E-state index in [0.717, 1.165) is 24.7 Å². The first-order chi connectivity index (χ1) is 6.71. The number of hydrogen-bond donors (Lipinski definition) is 1. The predicted octanol–water partition coefficient (Wildman–Crippen LogP) is 2.17. The van der Waals surface area contributed by atoms with E-state index in [1.54, 1.807) is 0 Å². The van der Waals surface area contributed by atoms with Gasteiger partial charge in [-0.1, -0.05) is 23.7 Å². The summed E-state index contributed by atoms with van der Waals surface area (Å²) in [5.41, 5.74) is 0.970. The summed E-state index contributed by atoms with van der Waals surface area (Å²) in [5.74, 6) is 0. The van der Waals surface area contributed by atoms with Gasteiger partial charge in [0.05, 0.1) is 6.61 Å². The molecule has 1 atom stereocenters. The Morgan fingerprint density at radius 1 is 1.36 bits per heavy atom. The van der Waals surface area contributed by atoms with Crippen molar-refractivity contribution in [1.29, 1.82) is 0 Å². The van der Waals surface area contributed by atoms with Crippen LogP contribution in [0, 0.1) is 0 Å². The van der Waals surface area contributed by atoms with E-state index in [1.165, 1.54) is 5.56 Å². The molecule has 0 unspecified atom stereocenters. The Morgan fingerprint density at radius 2 is 2.07 bits per heavy atom. The van der Waals surface area contributed by atoms with Gasteiger partial charge in [0.15, 0.2) is 0 Å². The summed E-state index contributed by atoms with van der Waals surface area (Å²) in [6.07, 6.45) is 0. The van der Waals surface area contributed by atoms with Crippen molar-refractivity contribution in [3.8, 4) is 0 Å². The molecule has 1 aromatic carbocycles. The van der Waals surface area contributed by atoms with E-state index < -0.39 is 0 Å². The maximum atomic E-state index is 5.84. The molecule has 0 radical (unpaired) electrons. The molecule has 0 bridgehead atoms. The summed E-state index contributed by atoms with van der Waals surface area (Å²) in [6.45, 7) is 4.65. The molecular formula is C11H14ClNO. The second-order valence-corrected chi connectivity index (χ2v) is 4.20. The first kappa shape index (κ1) is 9.97. The van der Waals surface area contributed by atoms with Crippen LogP contribution in [0.15, 0.2) is 24.3 Å². The molecule has 1 saturated heterocycles. The number of halogens is 1. The fraction of sp³-hybridized carbons (Fsp3) is 0.455. The summed E-state index contributed by atoms with van der Waals surface area (Å²) in [5, 5.41) is 4.10. The van der Waals surface area contributed by atoms with Crippen molar-refractivity contribution in [3.63, 3.8) is 0 Å². The standard InChI is InChI=1S/C11H14ClNO/c1-11(8-13-6-7-14-11)9-2-4-10(12)5-3-9/h2-5,13H,6-8H2,1H3/t11-/m1/s1. The first-order valence-corrected chi connectivity index (χ1v) is 5.19. The number of benzene rings is 1. The van der Waals surface area contributed by atoms with Gasteiger partial charge in [0.25, 0.3) is 0 Å². The average Bonchev–Trinajstić information content (AvgIpc) is 2.19. The minimum Gasteiger partial charge on any atom is -0.368 e. The molecule has 1 aliphatic heterocycles. The highest BCUT2D eigenvalue weighted by Gasteiger charge is 2.29. The van der Waals surface area contributed by atoms with E-state index in [-0.39, 0.29) is 5.60 Å². The monoisotopic (exact) mass is 211 g/mol. The topological polar surface area (TPSA) is 21.3 Å². The third-order valence-corrected chi connectivity index (χ3v) is 2.87. The second kappa shape index (κ2) is 3.89. The van der Waals surface area contributed by atoms with Crippen molar-refractivity contribution in [2.75, 3.05) is 19.7 Å². The van der Waals surface area contributed by atoms with E-state index in [4.69, 9.17) is 16.3 Å². The van der Waals surface area contributed by atoms with Crippen LogP contribution in [0.4, 0.5) is 0 Å². The van der Waals surface area contributed by atoms with Crippen LogP contribution in [-0.2, 0) is 10.3 Å². The molecule has 14 heavy (non-hydrogen) atoms. The summed E-state index contributed by atoms with van der Waals surface area (Å²) < 4.78 is 5.79. The zero-order valence-corrected chi connectivity index (χ0v) is 8.97. The van der Waals surface area contributed by atoms with Gasteiger partial charge in [-0.25, -0.2) is 0 Å². The fourth-order valence-electron chi connectivity index (χ4n) is 1.71. The Kier molecular flexibility index (Phi) is 2.77. The van der Waals surface area contributed by atoms with Crippen LogP contribution < -0.4 is 5.32 Å². The lowest BCUT2D eigenvalue weighted by molar-refractivity contribution is -0.0572. The van der Waals surface area contributed by atoms with Crippen LogP contribution in [0.1, 0.15) is 12.5 Å². The van der Waals surface area contributed by atoms with Crippen LogP contribution >= 0.6 is 11.6 Å². The van der Waals surface area contributed by atoms with Crippen LogP contribution in [0.3, 0.4) is 0 Å². The molecule has 1 fully saturated rings. The number of morpholine rings is 1. The highest BCUT2D eigenvalue weighted by molar-refractivity contribution is 6.30. The van der Waals surface area contributed by atoms with Gasteiger partial charge in [-0.3, -0.25) is 0 Å². The SMILES string of the molecule is C[C@]1(c2ccc(Cl)cc2)CNCCO1. The fourth-order valence-corrected chi connectivity index (χ4v) is 1.84. The minimum absolute atomic E-state index is 0.206. The number of rotatable bonds is 1. The quantitative estimate of drug-likeness (QED) is 0.769. The third-order valence-electron chi connectivity index (χ3n) is 2.62. The Hall–Kier alpha value is -0.570. The van der Waals surface area contributed by atoms with Crippen molar-refractivity contribution < 1.29 is 4.74 Å². The lowest BCUT2D eigenvalue weighted by Gasteiger charge is -2.34. The Balaban J connectivity index is 2.23. The second-order valence-electron chi connectivity index (χ2n) is 3.76. The maximum absolute atomic E-state index is 5.84. The van der Waals surface area contributed by atoms with Crippen LogP contribution in [0.5, 0.6) is 0 Å². The lowest BCUT2D eigenvalue weighted by atomic mass is 9.95. The molecule has 0 saturated carbocycles. The smallest absolute Gasteiger partial charge is 0.103 e. The molecule has 1 heterocycles. The van der Waals surface area contributed by atoms with E-state index in [2.05, 4.69) is 12.2 Å². The molecule has 0 aliphatic carbocycles. The van der Waals surface area contributed by atoms with Crippen molar-refractivity contribution in [2.24, 2.45) is 0 Å². The number of hydrogen-bond acceptors (Lipinski definition) is 2. The number of nitrogens with one attached hydrogen (secondary N) is 1. The molecule has 3 heteroatoms. The van der Waals surface area contributed by atoms with Gasteiger partial charge < -0.3 is 10.1 Å². The van der Waals surface area contributed by atoms with Crippen molar-refractivity contribution in [3.05, 3.63) is 34.9 Å². The summed E-state index contributed by atoms with van der Waals surface area (Å²) >= 11 is 5.84. The molecule has 2 rings (SSSR count). The lowest BCUT2D eigenvalue weighted by Crippen LogP contribution is -2.45. The molecule has 0 amide bonds. The molecule has 1 N–H and O–H groups in total. The minimum atomic E-state index is -0.206. The molecule has 0 aromatic heterocycles. The molecular weight excluding hydrogens is 198 g/mol. The summed E-state index contributed by atoms with van der Waals surface area (Å²) in [6, 6.07) is 7.85. The summed E-state index contributed by atoms with van der Waals surface area (Å²) in [4.78, 5) is 0. The normalized spacial score (nSPS) is 27.6. The van der Waals surface area contributed by atoms with Crippen LogP contribution in [-0.4, -0.2) is 19.7 Å². The van der Waals surface area contributed by atoms with Gasteiger partial charge in [0.2, 0.25) is 0 Å². The highest BCUT2D eigenvalue weighted by Crippen LogP contribution is 2.27. The third kappa shape index (κ3) is 1.92. The van der Waals surface area contributed by atoms with Gasteiger partial charge in [-0.05, 0) is 24.6 Å². The highest BCUT2D eigenvalue weighted by atomic mass is 35.5. The van der Waals surface area contributed by atoms with Crippen LogP contribution in [0.2, 0.25) is 5.02 Å². The zero-order valence-electron chi connectivity index (χ0n) is 8.22. The van der Waals surface area contributed by atoms with Crippen LogP contribution in [0.25, 0.3) is 0 Å². The zero-order chi connectivity index (χ0) is 10.0. The van der Waals surface area contributed by atoms with E-state index >= 15 is 0 Å². The van der Waals surface area contributed by atoms with Crippen molar-refractivity contribution in [1.82, 2.24) is 5.32 Å². The largest absolute Gasteiger partial charge is 0.368 e. The molecule has 0 spiro atoms. The summed E-state index contributed by atoms with van der Waals surface area (Å²) in [7, 11) is 0. The van der Waals surface area contributed by atoms with E-state index in [0.29, 0.717) is 0 Å². The Bertz CT molecular complexity index is 304. The molecule has 76 valence electrons. The van der Waals surface area contributed by atoms with Crippen molar-refractivity contribution in [2.45, 2.75) is 12.5 Å². The van der Waals surface area contributed by atoms with Gasteiger partial charge >= 0.3 is 0 Å². The van der Waals surface area contributed by atoms with E-state index in [1.807, 2.05) is 24.3 Å². The van der Waals surface area contributed by atoms with Crippen molar-refractivity contribution >= 4 is 11.6 Å². The average molecular weight is 212 g/mol. The number of ether oxygens (including phenoxy) is 1. The van der Waals surface area contributed by atoms with Gasteiger partial charge in [0, 0.05) is 18.1 Å². The van der Waals surface area contributed by atoms with Gasteiger partial charge in [-0.2, -0.15) is 0 Å². The maximum Gasteiger partial charge on any atom is 0.103 e. The predicted molar refractivity (Wildman–Crippen MR) is 57.6 cm³/mol. The van der Waals surface area contributed by atoms with Gasteiger partial charge in [-0.15, -0.1) is 0 Å². The van der Waals surface area contributed by atoms with E-state index in [9.17, 15) is 0 Å². The first-order valence-electron chi connectivity index (χ1n) is 4.81. The van der Waals surface area contributed by atoms with Gasteiger partial charge in [0.1, 0.15) is 5.60 Å².